The summed E-state index contributed by atoms with van der Waals surface area (Å²) in [5, 5.41) is 43.7. The number of nitrogens with zero attached hydrogens (tertiary/aromatic N) is 5. The molecule has 0 bridgehead atoms. The molecule has 186 valence electrons. The van der Waals surface area contributed by atoms with E-state index < -0.39 is 6.03 Å². The average Bonchev–Trinajstić information content (AvgIpc) is 3.55. The monoisotopic (exact) mass is 498 g/mol. The van der Waals surface area contributed by atoms with Gasteiger partial charge in [-0.05, 0) is 58.5 Å². The summed E-state index contributed by atoms with van der Waals surface area (Å²) < 4.78 is 0. The van der Waals surface area contributed by atoms with Gasteiger partial charge in [0.2, 0.25) is 0 Å². The Morgan fingerprint density at radius 1 is 1.03 bits per heavy atom. The number of aromatic nitrogens is 6. The third kappa shape index (κ3) is 4.36. The standard InChI is InChI=1S/C24H22N10O3/c1-34(24(27)37)10-11-2-5-19(35)14(6-11)15-7-13(22-30-32-33-31-22)8-16(20(15)36)23-28-17-4-3-12(21(25)26)9-18(17)29-23/h2-9,35-36H,10H2,1H3,(H3,25,26)(H2,27,37)(H,28,29)(H,30,31,32,33). The van der Waals surface area contributed by atoms with Gasteiger partial charge in [-0.15, -0.1) is 5.10 Å². The number of phenols is 2. The van der Waals surface area contributed by atoms with Crippen molar-refractivity contribution >= 4 is 22.9 Å². The molecule has 5 rings (SSSR count). The van der Waals surface area contributed by atoms with Gasteiger partial charge in [0.25, 0.3) is 0 Å². The van der Waals surface area contributed by atoms with E-state index in [2.05, 4.69) is 30.6 Å². The van der Waals surface area contributed by atoms with E-state index in [1.165, 1.54) is 11.0 Å². The molecule has 0 spiro atoms. The van der Waals surface area contributed by atoms with Crippen LogP contribution < -0.4 is 11.5 Å². The zero-order chi connectivity index (χ0) is 26.3. The highest BCUT2D eigenvalue weighted by atomic mass is 16.3. The van der Waals surface area contributed by atoms with Crippen LogP contribution in [0.2, 0.25) is 0 Å². The van der Waals surface area contributed by atoms with Crippen molar-refractivity contribution in [2.75, 3.05) is 7.05 Å². The van der Waals surface area contributed by atoms with Crippen molar-refractivity contribution in [2.45, 2.75) is 6.54 Å². The second-order valence-electron chi connectivity index (χ2n) is 8.45. The molecule has 5 aromatic rings. The predicted octanol–water partition coefficient (Wildman–Crippen LogP) is 2.28. The van der Waals surface area contributed by atoms with Gasteiger partial charge < -0.3 is 31.6 Å². The summed E-state index contributed by atoms with van der Waals surface area (Å²) in [4.78, 5) is 20.6. The molecule has 0 aliphatic rings. The Bertz CT molecular complexity index is 1660. The zero-order valence-electron chi connectivity index (χ0n) is 19.5. The van der Waals surface area contributed by atoms with Gasteiger partial charge in [-0.2, -0.15) is 0 Å². The number of fused-ring (bicyclic) bond motifs is 1. The lowest BCUT2D eigenvalue weighted by atomic mass is 9.95. The van der Waals surface area contributed by atoms with Gasteiger partial charge in [-0.25, -0.2) is 14.9 Å². The van der Waals surface area contributed by atoms with Gasteiger partial charge in [0, 0.05) is 35.8 Å². The second kappa shape index (κ2) is 8.96. The molecule has 3 aromatic carbocycles. The fourth-order valence-corrected chi connectivity index (χ4v) is 3.99. The van der Waals surface area contributed by atoms with Gasteiger partial charge >= 0.3 is 6.03 Å². The number of rotatable bonds is 6. The van der Waals surface area contributed by atoms with E-state index in [1.54, 1.807) is 49.5 Å². The largest absolute Gasteiger partial charge is 0.507 e. The van der Waals surface area contributed by atoms with Crippen LogP contribution in [-0.2, 0) is 6.54 Å². The van der Waals surface area contributed by atoms with E-state index in [1.807, 2.05) is 0 Å². The number of amidine groups is 1. The minimum absolute atomic E-state index is 0.0877. The number of carbonyl (C=O) groups is 1. The molecule has 2 heterocycles. The number of nitrogen functional groups attached to an aromatic ring is 1. The first-order valence-corrected chi connectivity index (χ1v) is 11.0. The number of nitrogens with two attached hydrogens (primary N) is 2. The fraction of sp³-hybridized carbons (Fsp3) is 0.0833. The number of imidazole rings is 1. The van der Waals surface area contributed by atoms with Gasteiger partial charge in [0.1, 0.15) is 23.2 Å². The summed E-state index contributed by atoms with van der Waals surface area (Å²) in [7, 11) is 1.56. The van der Waals surface area contributed by atoms with E-state index in [-0.39, 0.29) is 29.4 Å². The van der Waals surface area contributed by atoms with Gasteiger partial charge in [0.15, 0.2) is 5.82 Å². The third-order valence-corrected chi connectivity index (χ3v) is 5.92. The first-order valence-electron chi connectivity index (χ1n) is 11.0. The number of benzene rings is 3. The normalized spacial score (nSPS) is 11.1. The molecule has 2 amide bonds. The fourth-order valence-electron chi connectivity index (χ4n) is 3.99. The number of phenolic OH excluding ortho intramolecular Hbond substituents is 2. The minimum atomic E-state index is -0.600. The van der Waals surface area contributed by atoms with Crippen molar-refractivity contribution in [3.05, 3.63) is 59.7 Å². The summed E-state index contributed by atoms with van der Waals surface area (Å²) in [6, 6.07) is 12.6. The molecular formula is C24H22N10O3. The van der Waals surface area contributed by atoms with Crippen molar-refractivity contribution in [3.63, 3.8) is 0 Å². The van der Waals surface area contributed by atoms with Crippen LogP contribution in [0, 0.1) is 5.41 Å². The Labute approximate surface area is 209 Å². The summed E-state index contributed by atoms with van der Waals surface area (Å²) >= 11 is 0. The van der Waals surface area contributed by atoms with E-state index in [0.717, 1.165) is 0 Å². The average molecular weight is 499 g/mol. The number of H-pyrrole nitrogens is 2. The molecule has 0 unspecified atom stereocenters. The molecule has 0 atom stereocenters. The topological polar surface area (TPSA) is 220 Å². The van der Waals surface area contributed by atoms with E-state index >= 15 is 0 Å². The number of aromatic hydroxyl groups is 2. The number of hydrogen-bond donors (Lipinski definition) is 7. The lowest BCUT2D eigenvalue weighted by molar-refractivity contribution is 0.216. The molecule has 0 radical (unpaired) electrons. The molecule has 0 aliphatic carbocycles. The van der Waals surface area contributed by atoms with Crippen LogP contribution in [0.25, 0.3) is 44.9 Å². The molecule has 0 aliphatic heterocycles. The summed E-state index contributed by atoms with van der Waals surface area (Å²) in [5.74, 6) is 0.344. The first kappa shape index (κ1) is 23.3. The quantitative estimate of drug-likeness (QED) is 0.136. The van der Waals surface area contributed by atoms with Crippen molar-refractivity contribution in [2.24, 2.45) is 11.5 Å². The van der Waals surface area contributed by atoms with Crippen LogP contribution in [0.3, 0.4) is 0 Å². The number of nitrogens with one attached hydrogen (secondary N) is 3. The van der Waals surface area contributed by atoms with Crippen molar-refractivity contribution < 1.29 is 15.0 Å². The van der Waals surface area contributed by atoms with E-state index in [4.69, 9.17) is 16.9 Å². The molecule has 9 N–H and O–H groups in total. The predicted molar refractivity (Wildman–Crippen MR) is 136 cm³/mol. The van der Waals surface area contributed by atoms with Crippen molar-refractivity contribution in [1.29, 1.82) is 5.41 Å². The van der Waals surface area contributed by atoms with Crippen LogP contribution in [0.5, 0.6) is 11.5 Å². The van der Waals surface area contributed by atoms with Gasteiger partial charge in [-0.3, -0.25) is 5.41 Å². The number of urea groups is 1. The Morgan fingerprint density at radius 3 is 2.51 bits per heavy atom. The number of tetrazole rings is 1. The summed E-state index contributed by atoms with van der Waals surface area (Å²) in [6.45, 7) is 0.198. The number of primary amides is 1. The number of amides is 2. The lowest BCUT2D eigenvalue weighted by Crippen LogP contribution is -2.31. The molecule has 13 nitrogen and oxygen atoms in total. The Balaban J connectivity index is 1.70. The van der Waals surface area contributed by atoms with Crippen LogP contribution in [0.15, 0.2) is 48.5 Å². The van der Waals surface area contributed by atoms with Crippen LogP contribution >= 0.6 is 0 Å². The minimum Gasteiger partial charge on any atom is -0.507 e. The Kier molecular flexibility index (Phi) is 5.64. The number of hydrogen-bond acceptors (Lipinski definition) is 8. The van der Waals surface area contributed by atoms with Crippen molar-refractivity contribution in [3.8, 4) is 45.4 Å². The second-order valence-corrected chi connectivity index (χ2v) is 8.45. The van der Waals surface area contributed by atoms with Crippen molar-refractivity contribution in [1.82, 2.24) is 35.5 Å². The number of carbonyl (C=O) groups excluding carboxylic acids is 1. The van der Waals surface area contributed by atoms with Gasteiger partial charge in [0.05, 0.1) is 16.6 Å². The Morgan fingerprint density at radius 2 is 1.81 bits per heavy atom. The lowest BCUT2D eigenvalue weighted by Gasteiger charge is -2.17. The highest BCUT2D eigenvalue weighted by Gasteiger charge is 2.21. The molecular weight excluding hydrogens is 476 g/mol. The highest BCUT2D eigenvalue weighted by Crippen LogP contribution is 2.43. The summed E-state index contributed by atoms with van der Waals surface area (Å²) in [5.41, 5.74) is 14.8. The first-order chi connectivity index (χ1) is 17.7. The molecule has 2 aromatic heterocycles. The molecule has 13 heteroatoms. The van der Waals surface area contributed by atoms with Crippen LogP contribution in [-0.4, -0.2) is 64.6 Å². The molecule has 0 fully saturated rings. The molecule has 0 saturated heterocycles. The van der Waals surface area contributed by atoms with Crippen LogP contribution in [0.4, 0.5) is 4.79 Å². The SMILES string of the molecule is CN(Cc1ccc(O)c(-c2cc(-c3nnn[nH]3)cc(-c3nc4cc(C(=N)N)ccc4[nH]3)c2O)c1)C(N)=O. The maximum atomic E-state index is 11.5. The summed E-state index contributed by atoms with van der Waals surface area (Å²) in [6.07, 6.45) is 0. The number of aromatic amines is 2. The van der Waals surface area contributed by atoms with E-state index in [9.17, 15) is 15.0 Å². The van der Waals surface area contributed by atoms with E-state index in [0.29, 0.717) is 50.5 Å². The maximum Gasteiger partial charge on any atom is 0.314 e. The maximum absolute atomic E-state index is 11.5. The molecule has 37 heavy (non-hydrogen) atoms. The molecule has 0 saturated carbocycles. The zero-order valence-corrected chi connectivity index (χ0v) is 19.5. The van der Waals surface area contributed by atoms with Crippen LogP contribution in [0.1, 0.15) is 11.1 Å². The Hall–Kier alpha value is -5.46. The third-order valence-electron chi connectivity index (χ3n) is 5.92. The smallest absolute Gasteiger partial charge is 0.314 e. The highest BCUT2D eigenvalue weighted by molar-refractivity contribution is 5.98. The van der Waals surface area contributed by atoms with Gasteiger partial charge in [-0.1, -0.05) is 6.07 Å².